The lowest BCUT2D eigenvalue weighted by Gasteiger charge is -2.08. The summed E-state index contributed by atoms with van der Waals surface area (Å²) in [6.45, 7) is 0. The first-order chi connectivity index (χ1) is 8.34. The van der Waals surface area contributed by atoms with Crippen molar-refractivity contribution in [2.45, 2.75) is 0 Å². The van der Waals surface area contributed by atoms with E-state index >= 15 is 0 Å². The highest BCUT2D eigenvalue weighted by atomic mass is 16.3. The Morgan fingerprint density at radius 2 is 1.47 bits per heavy atom. The molecule has 3 aromatic rings. The molecule has 2 heteroatoms. The topological polar surface area (TPSA) is 26.9 Å². The van der Waals surface area contributed by atoms with Crippen LogP contribution in [0.4, 0.5) is 0 Å². The molecule has 1 heterocycles. The number of fused-ring (bicyclic) bond motifs is 1. The van der Waals surface area contributed by atoms with Crippen molar-refractivity contribution in [3.05, 3.63) is 67.0 Å². The van der Waals surface area contributed by atoms with Crippen molar-refractivity contribution in [2.75, 3.05) is 0 Å². The highest BCUT2D eigenvalue weighted by Gasteiger charge is 2.06. The summed E-state index contributed by atoms with van der Waals surface area (Å²) in [5.41, 5.74) is 0.996. The zero-order valence-electron chi connectivity index (χ0n) is 9.21. The lowest BCUT2D eigenvalue weighted by Crippen LogP contribution is -2.30. The van der Waals surface area contributed by atoms with Gasteiger partial charge in [-0.25, -0.2) is 0 Å². The number of nitrogens with zero attached hydrogens (tertiary/aromatic N) is 1. The molecule has 0 radical (unpaired) electrons. The van der Waals surface area contributed by atoms with Crippen LogP contribution in [0.5, 0.6) is 5.75 Å². The Labute approximate surface area is 99.4 Å². The second kappa shape index (κ2) is 3.91. The van der Waals surface area contributed by atoms with Crippen molar-refractivity contribution in [3.8, 4) is 11.4 Å². The van der Waals surface area contributed by atoms with Gasteiger partial charge in [0.05, 0.1) is 0 Å². The van der Waals surface area contributed by atoms with Crippen molar-refractivity contribution in [1.82, 2.24) is 0 Å². The summed E-state index contributed by atoms with van der Waals surface area (Å²) >= 11 is 0. The lowest BCUT2D eigenvalue weighted by molar-refractivity contribution is -0.597. The van der Waals surface area contributed by atoms with Gasteiger partial charge in [-0.2, -0.15) is 4.57 Å². The standard InChI is InChI=1S/C15H11NO/c17-15-11-16(13-7-2-1-3-8-13)10-12-6-4-5-9-14(12)15/h1-11H. The fourth-order valence-electron chi connectivity index (χ4n) is 1.97. The number of para-hydroxylation sites is 1. The van der Waals surface area contributed by atoms with Gasteiger partial charge in [0.15, 0.2) is 12.4 Å². The quantitative estimate of drug-likeness (QED) is 0.579. The number of aromatic nitrogens is 1. The molecule has 82 valence electrons. The van der Waals surface area contributed by atoms with Gasteiger partial charge in [-0.3, -0.25) is 0 Å². The van der Waals surface area contributed by atoms with Gasteiger partial charge in [-0.15, -0.1) is 0 Å². The van der Waals surface area contributed by atoms with Gasteiger partial charge in [0, 0.05) is 17.5 Å². The van der Waals surface area contributed by atoms with Crippen molar-refractivity contribution < 1.29 is 9.67 Å². The first-order valence-electron chi connectivity index (χ1n) is 5.51. The molecule has 0 spiro atoms. The Kier molecular flexibility index (Phi) is 2.26. The molecule has 0 bridgehead atoms. The molecule has 17 heavy (non-hydrogen) atoms. The highest BCUT2D eigenvalue weighted by Crippen LogP contribution is 2.19. The highest BCUT2D eigenvalue weighted by molar-refractivity contribution is 5.85. The lowest BCUT2D eigenvalue weighted by atomic mass is 10.1. The van der Waals surface area contributed by atoms with E-state index in [9.17, 15) is 5.11 Å². The molecule has 2 aromatic carbocycles. The minimum Gasteiger partial charge on any atom is -0.868 e. The fraction of sp³-hybridized carbons (Fsp3) is 0. The predicted octanol–water partition coefficient (Wildman–Crippen LogP) is 2.19. The van der Waals surface area contributed by atoms with E-state index in [4.69, 9.17) is 0 Å². The third-order valence-electron chi connectivity index (χ3n) is 2.82. The molecule has 0 aliphatic heterocycles. The van der Waals surface area contributed by atoms with Gasteiger partial charge in [0.1, 0.15) is 0 Å². The van der Waals surface area contributed by atoms with Crippen LogP contribution in [0.1, 0.15) is 0 Å². The van der Waals surface area contributed by atoms with Gasteiger partial charge >= 0.3 is 0 Å². The van der Waals surface area contributed by atoms with Crippen LogP contribution in [-0.4, -0.2) is 0 Å². The van der Waals surface area contributed by atoms with Crippen LogP contribution in [0.3, 0.4) is 0 Å². The van der Waals surface area contributed by atoms with Gasteiger partial charge in [0.25, 0.3) is 0 Å². The predicted molar refractivity (Wildman–Crippen MR) is 64.9 cm³/mol. The van der Waals surface area contributed by atoms with Gasteiger partial charge in [-0.05, 0) is 17.2 Å². The molecule has 0 amide bonds. The summed E-state index contributed by atoms with van der Waals surface area (Å²) in [4.78, 5) is 0. The third kappa shape index (κ3) is 1.74. The summed E-state index contributed by atoms with van der Waals surface area (Å²) in [5, 5.41) is 13.7. The second-order valence-corrected chi connectivity index (χ2v) is 3.95. The Hall–Kier alpha value is -2.35. The van der Waals surface area contributed by atoms with E-state index in [1.807, 2.05) is 65.4 Å². The molecule has 0 aliphatic rings. The Bertz CT molecular complexity index is 662. The Morgan fingerprint density at radius 3 is 2.29 bits per heavy atom. The van der Waals surface area contributed by atoms with Crippen LogP contribution in [-0.2, 0) is 0 Å². The van der Waals surface area contributed by atoms with Crippen LogP contribution in [0.15, 0.2) is 67.0 Å². The molecular weight excluding hydrogens is 210 g/mol. The maximum absolute atomic E-state index is 12.0. The average Bonchev–Trinajstić information content (AvgIpc) is 2.40. The molecule has 0 N–H and O–H groups in total. The first-order valence-corrected chi connectivity index (χ1v) is 5.51. The molecule has 2 nitrogen and oxygen atoms in total. The summed E-state index contributed by atoms with van der Waals surface area (Å²) < 4.78 is 1.87. The normalized spacial score (nSPS) is 10.6. The molecule has 0 saturated heterocycles. The molecule has 0 fully saturated rings. The molecular formula is C15H11NO. The molecule has 0 aliphatic carbocycles. The fourth-order valence-corrected chi connectivity index (χ4v) is 1.97. The number of hydrogen-bond acceptors (Lipinski definition) is 1. The molecule has 0 unspecified atom stereocenters. The van der Waals surface area contributed by atoms with E-state index in [1.54, 1.807) is 6.20 Å². The van der Waals surface area contributed by atoms with Crippen molar-refractivity contribution in [2.24, 2.45) is 0 Å². The largest absolute Gasteiger partial charge is 0.868 e. The number of hydrogen-bond donors (Lipinski definition) is 0. The van der Waals surface area contributed by atoms with Crippen molar-refractivity contribution in [1.29, 1.82) is 0 Å². The summed E-state index contributed by atoms with van der Waals surface area (Å²) in [5.74, 6) is 0.0481. The van der Waals surface area contributed by atoms with Crippen LogP contribution in [0, 0.1) is 0 Å². The first kappa shape index (κ1) is 9.85. The van der Waals surface area contributed by atoms with Gasteiger partial charge in [-0.1, -0.05) is 36.4 Å². The second-order valence-electron chi connectivity index (χ2n) is 3.95. The third-order valence-corrected chi connectivity index (χ3v) is 2.82. The maximum Gasteiger partial charge on any atom is 0.210 e. The van der Waals surface area contributed by atoms with Crippen LogP contribution in [0.25, 0.3) is 16.5 Å². The summed E-state index contributed by atoms with van der Waals surface area (Å²) in [7, 11) is 0. The van der Waals surface area contributed by atoms with E-state index in [2.05, 4.69) is 0 Å². The number of benzene rings is 2. The number of rotatable bonds is 1. The van der Waals surface area contributed by atoms with Crippen molar-refractivity contribution in [3.63, 3.8) is 0 Å². The van der Waals surface area contributed by atoms with E-state index in [0.29, 0.717) is 0 Å². The van der Waals surface area contributed by atoms with Crippen LogP contribution < -0.4 is 9.67 Å². The molecule has 1 aromatic heterocycles. The SMILES string of the molecule is [O-]c1c[n+](-c2ccccc2)cc2ccccc12. The Morgan fingerprint density at radius 1 is 0.765 bits per heavy atom. The molecule has 0 atom stereocenters. The Balaban J connectivity index is 2.26. The van der Waals surface area contributed by atoms with Gasteiger partial charge < -0.3 is 5.11 Å². The monoisotopic (exact) mass is 221 g/mol. The maximum atomic E-state index is 12.0. The molecule has 3 rings (SSSR count). The smallest absolute Gasteiger partial charge is 0.210 e. The van der Waals surface area contributed by atoms with E-state index in [-0.39, 0.29) is 5.75 Å². The average molecular weight is 221 g/mol. The van der Waals surface area contributed by atoms with Gasteiger partial charge in [0.2, 0.25) is 5.69 Å². The molecule has 0 saturated carbocycles. The van der Waals surface area contributed by atoms with Crippen molar-refractivity contribution >= 4 is 10.8 Å². The number of pyridine rings is 1. The minimum absolute atomic E-state index is 0.0481. The van der Waals surface area contributed by atoms with E-state index < -0.39 is 0 Å². The summed E-state index contributed by atoms with van der Waals surface area (Å²) in [6, 6.07) is 17.5. The minimum atomic E-state index is 0.0481. The zero-order valence-corrected chi connectivity index (χ0v) is 9.21. The summed E-state index contributed by atoms with van der Waals surface area (Å²) in [6.07, 6.45) is 3.60. The zero-order chi connectivity index (χ0) is 11.7. The van der Waals surface area contributed by atoms with Crippen LogP contribution in [0.2, 0.25) is 0 Å². The van der Waals surface area contributed by atoms with E-state index in [1.165, 1.54) is 0 Å². The van der Waals surface area contributed by atoms with E-state index in [0.717, 1.165) is 16.5 Å². The van der Waals surface area contributed by atoms with Crippen LogP contribution >= 0.6 is 0 Å².